The predicted octanol–water partition coefficient (Wildman–Crippen LogP) is 2.91. The van der Waals surface area contributed by atoms with Crippen molar-refractivity contribution >= 4 is 38.4 Å². The smallest absolute Gasteiger partial charge is 0.279 e. The lowest BCUT2D eigenvalue weighted by Gasteiger charge is -2.24. The second-order valence-electron chi connectivity index (χ2n) is 6.57. The van der Waals surface area contributed by atoms with E-state index in [-0.39, 0.29) is 28.7 Å². The molecule has 4 rings (SSSR count). The molecule has 0 aromatic heterocycles. The monoisotopic (exact) mass is 386 g/mol. The average molecular weight is 386 g/mol. The van der Waals surface area contributed by atoms with Crippen LogP contribution in [0, 0.1) is 6.92 Å². The number of benzene rings is 2. The highest BCUT2D eigenvalue weighted by Crippen LogP contribution is 2.41. The molecule has 2 heterocycles. The van der Waals surface area contributed by atoms with Crippen molar-refractivity contribution in [2.75, 3.05) is 16.4 Å². The van der Waals surface area contributed by atoms with Crippen molar-refractivity contribution in [1.29, 1.82) is 0 Å². The fraction of sp³-hybridized carbons (Fsp3) is 0.263. The molecule has 2 aliphatic heterocycles. The molecule has 2 aliphatic rings. The Morgan fingerprint density at radius 3 is 2.46 bits per heavy atom. The number of aryl methyl sites for hydroxylation is 1. The Hall–Kier alpha value is -2.12. The van der Waals surface area contributed by atoms with Gasteiger partial charge < -0.3 is 4.90 Å². The Morgan fingerprint density at radius 2 is 1.77 bits per heavy atom. The maximum Gasteiger partial charge on any atom is 0.279 e. The molecule has 7 heteroatoms. The van der Waals surface area contributed by atoms with Crippen molar-refractivity contribution in [2.24, 2.45) is 4.99 Å². The van der Waals surface area contributed by atoms with Gasteiger partial charge in [-0.3, -0.25) is 4.79 Å². The Balaban J connectivity index is 1.72. The van der Waals surface area contributed by atoms with Crippen molar-refractivity contribution in [3.8, 4) is 0 Å². The van der Waals surface area contributed by atoms with Crippen molar-refractivity contribution in [2.45, 2.75) is 18.2 Å². The summed E-state index contributed by atoms with van der Waals surface area (Å²) < 4.78 is 24.2. The number of hydrogen-bond donors (Lipinski definition) is 0. The predicted molar refractivity (Wildman–Crippen MR) is 106 cm³/mol. The minimum absolute atomic E-state index is 0.0939. The van der Waals surface area contributed by atoms with Gasteiger partial charge >= 0.3 is 0 Å². The number of nitrogens with zero attached hydrogens (tertiary/aromatic N) is 2. The molecule has 0 radical (unpaired) electrons. The summed E-state index contributed by atoms with van der Waals surface area (Å²) in [5.74, 6) is -0.0894. The lowest BCUT2D eigenvalue weighted by molar-refractivity contribution is 0.100. The van der Waals surface area contributed by atoms with E-state index in [1.54, 1.807) is 24.3 Å². The van der Waals surface area contributed by atoms with Crippen molar-refractivity contribution in [3.63, 3.8) is 0 Å². The third-order valence-corrected chi connectivity index (χ3v) is 7.81. The number of hydrogen-bond acceptors (Lipinski definition) is 4. The Labute approximate surface area is 157 Å². The van der Waals surface area contributed by atoms with Crippen LogP contribution >= 0.6 is 11.8 Å². The molecule has 2 aromatic rings. The standard InChI is InChI=1S/C19H18N2O3S2/c1-13-7-9-15(10-8-13)21-16-11-26(23,24)12-17(16)25-19(21)20-18(22)14-5-3-2-4-6-14/h2-10,16-17H,11-12H2,1H3/t16-,17+/m1/s1. The van der Waals surface area contributed by atoms with E-state index in [2.05, 4.69) is 4.99 Å². The minimum Gasteiger partial charge on any atom is -0.316 e. The normalized spacial score (nSPS) is 25.4. The zero-order chi connectivity index (χ0) is 18.3. The van der Waals surface area contributed by atoms with Gasteiger partial charge in [-0.2, -0.15) is 4.99 Å². The van der Waals surface area contributed by atoms with E-state index in [1.165, 1.54) is 11.8 Å². The summed E-state index contributed by atoms with van der Waals surface area (Å²) in [7, 11) is -3.06. The molecular formula is C19H18N2O3S2. The number of carbonyl (C=O) groups is 1. The van der Waals surface area contributed by atoms with Gasteiger partial charge in [-0.05, 0) is 31.2 Å². The number of fused-ring (bicyclic) bond motifs is 1. The van der Waals surface area contributed by atoms with Gasteiger partial charge in [-0.1, -0.05) is 47.7 Å². The highest BCUT2D eigenvalue weighted by atomic mass is 32.2. The highest BCUT2D eigenvalue weighted by molar-refractivity contribution is 8.16. The molecule has 0 N–H and O–H groups in total. The lowest BCUT2D eigenvalue weighted by atomic mass is 10.1. The number of carbonyl (C=O) groups excluding carboxylic acids is 1. The van der Waals surface area contributed by atoms with E-state index < -0.39 is 9.84 Å². The van der Waals surface area contributed by atoms with E-state index in [4.69, 9.17) is 0 Å². The Kier molecular flexibility index (Phi) is 4.36. The van der Waals surface area contributed by atoms with Crippen molar-refractivity contribution in [1.82, 2.24) is 0 Å². The van der Waals surface area contributed by atoms with E-state index in [0.29, 0.717) is 10.7 Å². The van der Waals surface area contributed by atoms with Crippen molar-refractivity contribution in [3.05, 3.63) is 65.7 Å². The van der Waals surface area contributed by atoms with E-state index in [9.17, 15) is 13.2 Å². The molecule has 2 fully saturated rings. The molecule has 1 amide bonds. The van der Waals surface area contributed by atoms with E-state index in [1.807, 2.05) is 42.2 Å². The summed E-state index contributed by atoms with van der Waals surface area (Å²) >= 11 is 1.39. The number of aliphatic imine (C=N–C) groups is 1. The van der Waals surface area contributed by atoms with Gasteiger partial charge in [0.15, 0.2) is 15.0 Å². The summed E-state index contributed by atoms with van der Waals surface area (Å²) in [4.78, 5) is 18.8. The maximum absolute atomic E-state index is 12.5. The molecule has 0 unspecified atom stereocenters. The Morgan fingerprint density at radius 1 is 1.08 bits per heavy atom. The number of sulfone groups is 1. The van der Waals surface area contributed by atoms with Gasteiger partial charge in [0.1, 0.15) is 0 Å². The molecular weight excluding hydrogens is 368 g/mol. The van der Waals surface area contributed by atoms with Crippen LogP contribution in [0.5, 0.6) is 0 Å². The first kappa shape index (κ1) is 17.3. The summed E-state index contributed by atoms with van der Waals surface area (Å²) in [6.07, 6.45) is 0. The molecule has 0 bridgehead atoms. The van der Waals surface area contributed by atoms with Crippen LogP contribution in [0.15, 0.2) is 59.6 Å². The number of anilines is 1. The third-order valence-electron chi connectivity index (χ3n) is 4.60. The lowest BCUT2D eigenvalue weighted by Crippen LogP contribution is -2.37. The largest absolute Gasteiger partial charge is 0.316 e. The van der Waals surface area contributed by atoms with Gasteiger partial charge in [-0.25, -0.2) is 8.42 Å². The topological polar surface area (TPSA) is 66.8 Å². The molecule has 26 heavy (non-hydrogen) atoms. The Bertz CT molecular complexity index is 970. The van der Waals surface area contributed by atoms with Crippen LogP contribution < -0.4 is 4.90 Å². The van der Waals surface area contributed by atoms with Crippen LogP contribution in [-0.4, -0.2) is 42.3 Å². The molecule has 0 aliphatic carbocycles. The molecule has 134 valence electrons. The van der Waals surface area contributed by atoms with Crippen molar-refractivity contribution < 1.29 is 13.2 Å². The third kappa shape index (κ3) is 3.29. The van der Waals surface area contributed by atoms with Crippen LogP contribution in [0.1, 0.15) is 15.9 Å². The first-order chi connectivity index (χ1) is 12.4. The quantitative estimate of drug-likeness (QED) is 0.794. The van der Waals surface area contributed by atoms with Crippen LogP contribution in [-0.2, 0) is 9.84 Å². The number of amidine groups is 1. The first-order valence-electron chi connectivity index (χ1n) is 8.34. The van der Waals surface area contributed by atoms with Gasteiger partial charge in [0, 0.05) is 16.5 Å². The number of rotatable bonds is 2. The SMILES string of the molecule is Cc1ccc(N2C(=NC(=O)c3ccccc3)S[C@H]3CS(=O)(=O)C[C@H]32)cc1. The second kappa shape index (κ2) is 6.55. The zero-order valence-corrected chi connectivity index (χ0v) is 15.8. The number of amides is 1. The maximum atomic E-state index is 12.5. The summed E-state index contributed by atoms with van der Waals surface area (Å²) in [6, 6.07) is 16.6. The van der Waals surface area contributed by atoms with Crippen LogP contribution in [0.3, 0.4) is 0 Å². The molecule has 0 saturated carbocycles. The fourth-order valence-electron chi connectivity index (χ4n) is 3.30. The highest BCUT2D eigenvalue weighted by Gasteiger charge is 2.49. The fourth-order valence-corrected chi connectivity index (χ4v) is 7.22. The van der Waals surface area contributed by atoms with Crippen LogP contribution in [0.4, 0.5) is 5.69 Å². The molecule has 2 aromatic carbocycles. The van der Waals surface area contributed by atoms with E-state index >= 15 is 0 Å². The van der Waals surface area contributed by atoms with Crippen LogP contribution in [0.25, 0.3) is 0 Å². The summed E-state index contributed by atoms with van der Waals surface area (Å²) in [5.41, 5.74) is 2.51. The van der Waals surface area contributed by atoms with Gasteiger partial charge in [0.05, 0.1) is 17.5 Å². The average Bonchev–Trinajstić information content (AvgIpc) is 3.07. The molecule has 5 nitrogen and oxygen atoms in total. The van der Waals surface area contributed by atoms with Crippen LogP contribution in [0.2, 0.25) is 0 Å². The van der Waals surface area contributed by atoms with Gasteiger partial charge in [0.25, 0.3) is 5.91 Å². The number of thioether (sulfide) groups is 1. The van der Waals surface area contributed by atoms with Gasteiger partial charge in [0.2, 0.25) is 0 Å². The molecule has 2 atom stereocenters. The summed E-state index contributed by atoms with van der Waals surface area (Å²) in [5, 5.41) is 0.483. The molecule has 2 saturated heterocycles. The first-order valence-corrected chi connectivity index (χ1v) is 11.0. The molecule has 0 spiro atoms. The second-order valence-corrected chi connectivity index (χ2v) is 9.93. The summed E-state index contributed by atoms with van der Waals surface area (Å²) in [6.45, 7) is 2.00. The minimum atomic E-state index is -3.06. The zero-order valence-electron chi connectivity index (χ0n) is 14.2. The van der Waals surface area contributed by atoms with E-state index in [0.717, 1.165) is 11.3 Å². The van der Waals surface area contributed by atoms with Gasteiger partial charge in [-0.15, -0.1) is 0 Å².